The van der Waals surface area contributed by atoms with Crippen LogP contribution in [0.25, 0.3) is 0 Å². The normalized spacial score (nSPS) is 14.7. The van der Waals surface area contributed by atoms with Crippen molar-refractivity contribution in [2.45, 2.75) is 51.8 Å². The summed E-state index contributed by atoms with van der Waals surface area (Å²) in [6.07, 6.45) is 1.80. The van der Waals surface area contributed by atoms with Crippen molar-refractivity contribution >= 4 is 17.7 Å². The molecule has 2 rings (SSSR count). The Balaban J connectivity index is 1.79. The lowest BCUT2D eigenvalue weighted by molar-refractivity contribution is 0.0236. The van der Waals surface area contributed by atoms with Crippen LogP contribution in [0, 0.1) is 5.82 Å². The summed E-state index contributed by atoms with van der Waals surface area (Å²) < 4.78 is 18.4. The molecule has 23 heavy (non-hydrogen) atoms. The summed E-state index contributed by atoms with van der Waals surface area (Å²) >= 11 is 5.99. The van der Waals surface area contributed by atoms with Gasteiger partial charge in [-0.25, -0.2) is 9.18 Å². The Morgan fingerprint density at radius 1 is 1.43 bits per heavy atom. The second-order valence-corrected chi connectivity index (χ2v) is 7.22. The molecule has 1 N–H and O–H groups in total. The first-order valence-corrected chi connectivity index (χ1v) is 8.28. The molecule has 6 heteroatoms. The third-order valence-electron chi connectivity index (χ3n) is 3.48. The molecule has 0 unspecified atom stereocenters. The Labute approximate surface area is 141 Å². The van der Waals surface area contributed by atoms with Gasteiger partial charge in [-0.2, -0.15) is 0 Å². The fraction of sp³-hybridized carbons (Fsp3) is 0.588. The molecule has 1 amide bonds. The average Bonchev–Trinajstić information content (AvgIpc) is 3.23. The Bertz CT molecular complexity index is 556. The molecule has 1 fully saturated rings. The van der Waals surface area contributed by atoms with E-state index >= 15 is 0 Å². The third kappa shape index (κ3) is 5.99. The number of benzene rings is 1. The van der Waals surface area contributed by atoms with Crippen LogP contribution >= 0.6 is 11.6 Å². The van der Waals surface area contributed by atoms with Gasteiger partial charge in [0.1, 0.15) is 11.4 Å². The number of carbonyl (C=O) groups excluding carboxylic acids is 1. The molecule has 0 bridgehead atoms. The van der Waals surface area contributed by atoms with Gasteiger partial charge in [-0.1, -0.05) is 17.7 Å². The highest BCUT2D eigenvalue weighted by Crippen LogP contribution is 2.28. The summed E-state index contributed by atoms with van der Waals surface area (Å²) in [6.45, 7) is 7.34. The maximum Gasteiger partial charge on any atom is 0.410 e. The van der Waals surface area contributed by atoms with Crippen molar-refractivity contribution in [3.8, 4) is 0 Å². The average molecular weight is 343 g/mol. The van der Waals surface area contributed by atoms with Crippen LogP contribution in [0.1, 0.15) is 39.2 Å². The Morgan fingerprint density at radius 2 is 2.13 bits per heavy atom. The number of hydrogen-bond acceptors (Lipinski definition) is 3. The fourth-order valence-electron chi connectivity index (χ4n) is 2.22. The first-order chi connectivity index (χ1) is 10.8. The number of rotatable bonds is 6. The minimum Gasteiger partial charge on any atom is -0.444 e. The highest BCUT2D eigenvalue weighted by molar-refractivity contribution is 6.31. The molecule has 0 saturated heterocycles. The van der Waals surface area contributed by atoms with E-state index in [1.807, 2.05) is 20.8 Å². The maximum absolute atomic E-state index is 13.0. The minimum absolute atomic E-state index is 0.262. The van der Waals surface area contributed by atoms with E-state index in [4.69, 9.17) is 16.3 Å². The molecule has 1 saturated carbocycles. The number of hydrogen-bond donors (Lipinski definition) is 1. The quantitative estimate of drug-likeness (QED) is 0.795. The van der Waals surface area contributed by atoms with Crippen LogP contribution in [0.3, 0.4) is 0 Å². The number of ether oxygens (including phenoxy) is 1. The summed E-state index contributed by atoms with van der Waals surface area (Å²) in [6, 6.07) is 4.65. The number of nitrogens with one attached hydrogen (secondary N) is 1. The zero-order valence-electron chi connectivity index (χ0n) is 13.9. The summed E-state index contributed by atoms with van der Waals surface area (Å²) in [5.74, 6) is -0.344. The van der Waals surface area contributed by atoms with Crippen LogP contribution in [-0.4, -0.2) is 35.7 Å². The van der Waals surface area contributed by atoms with Crippen molar-refractivity contribution in [2.24, 2.45) is 0 Å². The predicted octanol–water partition coefficient (Wildman–Crippen LogP) is 3.97. The second kappa shape index (κ2) is 7.49. The first-order valence-electron chi connectivity index (χ1n) is 7.90. The summed E-state index contributed by atoms with van der Waals surface area (Å²) in [7, 11) is 0. The molecule has 4 nitrogen and oxygen atoms in total. The van der Waals surface area contributed by atoms with Gasteiger partial charge in [0.2, 0.25) is 0 Å². The summed E-state index contributed by atoms with van der Waals surface area (Å²) in [5.41, 5.74) is 0.350. The van der Waals surface area contributed by atoms with Crippen LogP contribution in [0.5, 0.6) is 0 Å². The Morgan fingerprint density at radius 3 is 2.70 bits per heavy atom. The maximum atomic E-state index is 13.0. The topological polar surface area (TPSA) is 41.6 Å². The molecule has 1 aliphatic carbocycles. The highest BCUT2D eigenvalue weighted by Gasteiger charge is 2.34. The molecule has 0 spiro atoms. The largest absolute Gasteiger partial charge is 0.444 e. The van der Waals surface area contributed by atoms with Gasteiger partial charge < -0.3 is 15.0 Å². The fourth-order valence-corrected chi connectivity index (χ4v) is 2.45. The van der Waals surface area contributed by atoms with Gasteiger partial charge in [0, 0.05) is 30.7 Å². The summed E-state index contributed by atoms with van der Waals surface area (Å²) in [5, 5.41) is 3.64. The molecular weight excluding hydrogens is 319 g/mol. The van der Waals surface area contributed by atoms with Crippen molar-refractivity contribution in [3.63, 3.8) is 0 Å². The van der Waals surface area contributed by atoms with Crippen LogP contribution in [-0.2, 0) is 11.3 Å². The number of carbonyl (C=O) groups is 1. The SMILES string of the molecule is CC(C)(C)OC(=O)N(CCNCc1ccc(F)cc1Cl)C1CC1. The van der Waals surface area contributed by atoms with Crippen molar-refractivity contribution in [1.82, 2.24) is 10.2 Å². The lowest BCUT2D eigenvalue weighted by Gasteiger charge is -2.27. The van der Waals surface area contributed by atoms with E-state index in [9.17, 15) is 9.18 Å². The number of halogens is 2. The first kappa shape index (κ1) is 18.0. The minimum atomic E-state index is -0.487. The van der Waals surface area contributed by atoms with E-state index in [0.29, 0.717) is 30.7 Å². The Hall–Kier alpha value is -1.33. The van der Waals surface area contributed by atoms with Crippen molar-refractivity contribution < 1.29 is 13.9 Å². The van der Waals surface area contributed by atoms with Crippen molar-refractivity contribution in [1.29, 1.82) is 0 Å². The zero-order valence-corrected chi connectivity index (χ0v) is 14.6. The van der Waals surface area contributed by atoms with E-state index in [-0.39, 0.29) is 11.9 Å². The molecule has 1 aromatic carbocycles. The summed E-state index contributed by atoms with van der Waals surface area (Å²) in [4.78, 5) is 14.0. The van der Waals surface area contributed by atoms with E-state index in [1.165, 1.54) is 12.1 Å². The van der Waals surface area contributed by atoms with Crippen LogP contribution < -0.4 is 5.32 Å². The monoisotopic (exact) mass is 342 g/mol. The molecule has 0 radical (unpaired) electrons. The van der Waals surface area contributed by atoms with Gasteiger partial charge in [-0.15, -0.1) is 0 Å². The van der Waals surface area contributed by atoms with Gasteiger partial charge in [0.25, 0.3) is 0 Å². The molecular formula is C17H24ClFN2O2. The highest BCUT2D eigenvalue weighted by atomic mass is 35.5. The third-order valence-corrected chi connectivity index (χ3v) is 3.83. The smallest absolute Gasteiger partial charge is 0.410 e. The van der Waals surface area contributed by atoms with Gasteiger partial charge in [-0.05, 0) is 51.3 Å². The van der Waals surface area contributed by atoms with Crippen molar-refractivity contribution in [3.05, 3.63) is 34.6 Å². The molecule has 0 atom stereocenters. The molecule has 1 aliphatic rings. The van der Waals surface area contributed by atoms with E-state index < -0.39 is 5.60 Å². The molecule has 0 aliphatic heterocycles. The van der Waals surface area contributed by atoms with Gasteiger partial charge in [-0.3, -0.25) is 0 Å². The van der Waals surface area contributed by atoms with Crippen LogP contribution in [0.15, 0.2) is 18.2 Å². The van der Waals surface area contributed by atoms with Crippen LogP contribution in [0.2, 0.25) is 5.02 Å². The van der Waals surface area contributed by atoms with Crippen LogP contribution in [0.4, 0.5) is 9.18 Å². The molecule has 1 aromatic rings. The zero-order chi connectivity index (χ0) is 17.0. The lowest BCUT2D eigenvalue weighted by atomic mass is 10.2. The lowest BCUT2D eigenvalue weighted by Crippen LogP contribution is -2.41. The van der Waals surface area contributed by atoms with Gasteiger partial charge in [0.05, 0.1) is 0 Å². The van der Waals surface area contributed by atoms with Gasteiger partial charge in [0.15, 0.2) is 0 Å². The molecule has 128 valence electrons. The number of nitrogens with zero attached hydrogens (tertiary/aromatic N) is 1. The van der Waals surface area contributed by atoms with Gasteiger partial charge >= 0.3 is 6.09 Å². The van der Waals surface area contributed by atoms with E-state index in [1.54, 1.807) is 11.0 Å². The standard InChI is InChI=1S/C17H24ClFN2O2/c1-17(2,3)23-16(22)21(14-6-7-14)9-8-20-11-12-4-5-13(19)10-15(12)18/h4-5,10,14,20H,6-9,11H2,1-3H3. The molecule has 0 heterocycles. The van der Waals surface area contributed by atoms with E-state index in [2.05, 4.69) is 5.32 Å². The predicted molar refractivity (Wildman–Crippen MR) is 89.1 cm³/mol. The van der Waals surface area contributed by atoms with E-state index in [0.717, 1.165) is 18.4 Å². The Kier molecular flexibility index (Phi) is 5.87. The second-order valence-electron chi connectivity index (χ2n) is 6.82. The van der Waals surface area contributed by atoms with Crippen molar-refractivity contribution in [2.75, 3.05) is 13.1 Å². The number of amides is 1. The molecule has 0 aromatic heterocycles.